The van der Waals surface area contributed by atoms with E-state index in [2.05, 4.69) is 32.8 Å². The maximum absolute atomic E-state index is 11.5. The molecule has 1 aliphatic carbocycles. The van der Waals surface area contributed by atoms with Gasteiger partial charge in [0.15, 0.2) is 0 Å². The summed E-state index contributed by atoms with van der Waals surface area (Å²) in [7, 11) is 0. The van der Waals surface area contributed by atoms with E-state index in [1.807, 2.05) is 12.1 Å². The SMILES string of the molecule is Nc1nc(NCc2csc3ccccc23)nc(C[C@H]2CC[C@H](N)CC2)c1[N+](=O)[O-]. The van der Waals surface area contributed by atoms with Gasteiger partial charge >= 0.3 is 5.69 Å². The van der Waals surface area contributed by atoms with Crippen molar-refractivity contribution < 1.29 is 4.92 Å². The molecular formula is C20H24N6O2S. The van der Waals surface area contributed by atoms with E-state index in [0.717, 1.165) is 31.2 Å². The van der Waals surface area contributed by atoms with E-state index in [1.54, 1.807) is 11.3 Å². The molecule has 8 nitrogen and oxygen atoms in total. The lowest BCUT2D eigenvalue weighted by molar-refractivity contribution is -0.385. The van der Waals surface area contributed by atoms with Crippen molar-refractivity contribution in [2.24, 2.45) is 11.7 Å². The number of nitro groups is 1. The third-order valence-electron chi connectivity index (χ3n) is 5.54. The number of nitrogens with two attached hydrogens (primary N) is 2. The number of nitrogens with zero attached hydrogens (tertiary/aromatic N) is 3. The van der Waals surface area contributed by atoms with Crippen molar-refractivity contribution in [1.29, 1.82) is 0 Å². The summed E-state index contributed by atoms with van der Waals surface area (Å²) in [4.78, 5) is 19.7. The van der Waals surface area contributed by atoms with Crippen molar-refractivity contribution in [2.75, 3.05) is 11.1 Å². The Bertz CT molecular complexity index is 1030. The fourth-order valence-corrected chi connectivity index (χ4v) is 4.91. The largest absolute Gasteiger partial charge is 0.378 e. The predicted octanol–water partition coefficient (Wildman–Crippen LogP) is 3.85. The quantitative estimate of drug-likeness (QED) is 0.413. The van der Waals surface area contributed by atoms with Gasteiger partial charge in [0.2, 0.25) is 11.8 Å². The monoisotopic (exact) mass is 412 g/mol. The van der Waals surface area contributed by atoms with Gasteiger partial charge in [-0.15, -0.1) is 11.3 Å². The average molecular weight is 413 g/mol. The lowest BCUT2D eigenvalue weighted by Crippen LogP contribution is -2.27. The molecule has 2 heterocycles. The lowest BCUT2D eigenvalue weighted by atomic mass is 9.83. The van der Waals surface area contributed by atoms with Gasteiger partial charge < -0.3 is 16.8 Å². The molecule has 5 N–H and O–H groups in total. The highest BCUT2D eigenvalue weighted by molar-refractivity contribution is 7.17. The molecule has 1 aliphatic rings. The molecule has 0 unspecified atom stereocenters. The number of hydrogen-bond acceptors (Lipinski definition) is 8. The Morgan fingerprint density at radius 1 is 1.21 bits per heavy atom. The molecule has 3 aromatic rings. The summed E-state index contributed by atoms with van der Waals surface area (Å²) in [5, 5.41) is 18.0. The molecule has 0 radical (unpaired) electrons. The molecular weight excluding hydrogens is 388 g/mol. The van der Waals surface area contributed by atoms with E-state index in [9.17, 15) is 10.1 Å². The molecule has 29 heavy (non-hydrogen) atoms. The van der Waals surface area contributed by atoms with Crippen LogP contribution in [0.1, 0.15) is 36.9 Å². The maximum atomic E-state index is 11.5. The van der Waals surface area contributed by atoms with Crippen molar-refractivity contribution in [3.63, 3.8) is 0 Å². The highest BCUT2D eigenvalue weighted by atomic mass is 32.1. The summed E-state index contributed by atoms with van der Waals surface area (Å²) in [6, 6.07) is 8.41. The molecule has 0 atom stereocenters. The summed E-state index contributed by atoms with van der Waals surface area (Å²) in [6.07, 6.45) is 4.30. The van der Waals surface area contributed by atoms with Crippen LogP contribution in [-0.4, -0.2) is 20.9 Å². The first-order valence-electron chi connectivity index (χ1n) is 9.76. The van der Waals surface area contributed by atoms with E-state index < -0.39 is 4.92 Å². The van der Waals surface area contributed by atoms with Gasteiger partial charge in [0, 0.05) is 17.3 Å². The van der Waals surface area contributed by atoms with Crippen LogP contribution in [0.3, 0.4) is 0 Å². The molecule has 2 aromatic heterocycles. The molecule has 0 aliphatic heterocycles. The van der Waals surface area contributed by atoms with Crippen LogP contribution in [0.2, 0.25) is 0 Å². The second kappa shape index (κ2) is 8.30. The first kappa shape index (κ1) is 19.5. The van der Waals surface area contributed by atoms with Crippen LogP contribution in [-0.2, 0) is 13.0 Å². The number of hydrogen-bond donors (Lipinski definition) is 3. The van der Waals surface area contributed by atoms with E-state index in [0.29, 0.717) is 30.5 Å². The minimum atomic E-state index is -0.477. The molecule has 0 saturated heterocycles. The van der Waals surface area contributed by atoms with Gasteiger partial charge in [-0.3, -0.25) is 10.1 Å². The highest BCUT2D eigenvalue weighted by Crippen LogP contribution is 2.32. The second-order valence-corrected chi connectivity index (χ2v) is 8.49. The Morgan fingerprint density at radius 2 is 1.97 bits per heavy atom. The van der Waals surface area contributed by atoms with Crippen LogP contribution >= 0.6 is 11.3 Å². The number of anilines is 2. The number of fused-ring (bicyclic) bond motifs is 1. The fourth-order valence-electron chi connectivity index (χ4n) is 3.95. The second-order valence-electron chi connectivity index (χ2n) is 7.58. The molecule has 9 heteroatoms. The van der Waals surface area contributed by atoms with Crippen molar-refractivity contribution in [3.05, 3.63) is 51.0 Å². The van der Waals surface area contributed by atoms with Crippen LogP contribution in [0.5, 0.6) is 0 Å². The Balaban J connectivity index is 1.55. The topological polar surface area (TPSA) is 133 Å². The van der Waals surface area contributed by atoms with E-state index in [-0.39, 0.29) is 17.5 Å². The van der Waals surface area contributed by atoms with Crippen molar-refractivity contribution >= 4 is 38.9 Å². The van der Waals surface area contributed by atoms with Gasteiger partial charge in [0.05, 0.1) is 4.92 Å². The highest BCUT2D eigenvalue weighted by Gasteiger charge is 2.27. The predicted molar refractivity (Wildman–Crippen MR) is 116 cm³/mol. The summed E-state index contributed by atoms with van der Waals surface area (Å²) in [5.74, 6) is 0.563. The van der Waals surface area contributed by atoms with Crippen LogP contribution in [0.15, 0.2) is 29.6 Å². The average Bonchev–Trinajstić information content (AvgIpc) is 3.11. The van der Waals surface area contributed by atoms with Gasteiger partial charge in [-0.1, -0.05) is 18.2 Å². The number of nitrogens with one attached hydrogen (secondary N) is 1. The molecule has 0 spiro atoms. The molecule has 4 rings (SSSR count). The van der Waals surface area contributed by atoms with Crippen molar-refractivity contribution in [1.82, 2.24) is 9.97 Å². The van der Waals surface area contributed by atoms with Gasteiger partial charge in [-0.05, 0) is 60.4 Å². The van der Waals surface area contributed by atoms with Gasteiger partial charge in [-0.25, -0.2) is 4.98 Å². The first-order valence-corrected chi connectivity index (χ1v) is 10.6. The maximum Gasteiger partial charge on any atom is 0.332 e. The minimum Gasteiger partial charge on any atom is -0.378 e. The molecule has 0 bridgehead atoms. The first-order chi connectivity index (χ1) is 14.0. The van der Waals surface area contributed by atoms with Crippen LogP contribution in [0, 0.1) is 16.0 Å². The molecule has 0 amide bonds. The van der Waals surface area contributed by atoms with Gasteiger partial charge in [0.25, 0.3) is 0 Å². The van der Waals surface area contributed by atoms with Crippen molar-refractivity contribution in [3.8, 4) is 0 Å². The van der Waals surface area contributed by atoms with Gasteiger partial charge in [0.1, 0.15) is 5.69 Å². The molecule has 1 saturated carbocycles. The van der Waals surface area contributed by atoms with E-state index in [1.165, 1.54) is 10.1 Å². The zero-order valence-corrected chi connectivity index (χ0v) is 16.8. The number of thiophene rings is 1. The van der Waals surface area contributed by atoms with E-state index in [4.69, 9.17) is 11.5 Å². The standard InChI is InChI=1S/C20H24N6O2S/c21-14-7-5-12(6-8-14)9-16-18(26(27)28)19(22)25-20(24-16)23-10-13-11-29-17-4-2-1-3-15(13)17/h1-4,11-12,14H,5-10,21H2,(H3,22,23,24,25)/t12-,14-. The van der Waals surface area contributed by atoms with Gasteiger partial charge in [-0.2, -0.15) is 4.98 Å². The van der Waals surface area contributed by atoms with Crippen LogP contribution < -0.4 is 16.8 Å². The Hall–Kier alpha value is -2.78. The Morgan fingerprint density at radius 3 is 2.72 bits per heavy atom. The number of nitrogen functional groups attached to an aromatic ring is 1. The summed E-state index contributed by atoms with van der Waals surface area (Å²) < 4.78 is 1.21. The lowest BCUT2D eigenvalue weighted by Gasteiger charge is -2.25. The molecule has 1 fully saturated rings. The smallest absolute Gasteiger partial charge is 0.332 e. The fraction of sp³-hybridized carbons (Fsp3) is 0.400. The number of rotatable bonds is 6. The number of aromatic nitrogens is 2. The zero-order valence-electron chi connectivity index (χ0n) is 16.0. The third kappa shape index (κ3) is 4.30. The summed E-state index contributed by atoms with van der Waals surface area (Å²) in [5.41, 5.74) is 13.3. The molecule has 1 aromatic carbocycles. The Labute approximate surface area is 172 Å². The van der Waals surface area contributed by atoms with Crippen molar-refractivity contribution in [2.45, 2.75) is 44.7 Å². The van der Waals surface area contributed by atoms with Crippen LogP contribution in [0.4, 0.5) is 17.5 Å². The van der Waals surface area contributed by atoms with E-state index >= 15 is 0 Å². The third-order valence-corrected chi connectivity index (χ3v) is 6.55. The summed E-state index contributed by atoms with van der Waals surface area (Å²) >= 11 is 1.68. The minimum absolute atomic E-state index is 0.0924. The summed E-state index contributed by atoms with van der Waals surface area (Å²) in [6.45, 7) is 0.527. The zero-order chi connectivity index (χ0) is 20.4. The number of benzene rings is 1. The Kier molecular flexibility index (Phi) is 5.59. The molecule has 152 valence electrons. The van der Waals surface area contributed by atoms with Crippen LogP contribution in [0.25, 0.3) is 10.1 Å². The normalized spacial score (nSPS) is 19.3.